The predicted molar refractivity (Wildman–Crippen MR) is 116 cm³/mol. The molecule has 1 unspecified atom stereocenters. The summed E-state index contributed by atoms with van der Waals surface area (Å²) in [5.74, 6) is 0.307. The van der Waals surface area contributed by atoms with E-state index in [1.54, 1.807) is 26.4 Å². The van der Waals surface area contributed by atoms with Crippen molar-refractivity contribution < 1.29 is 14.6 Å². The van der Waals surface area contributed by atoms with Gasteiger partial charge in [0.2, 0.25) is 0 Å². The Morgan fingerprint density at radius 2 is 1.57 bits per heavy atom. The monoisotopic (exact) mass is 385 g/mol. The van der Waals surface area contributed by atoms with Crippen molar-refractivity contribution >= 4 is 6.29 Å². The zero-order chi connectivity index (χ0) is 21.1. The summed E-state index contributed by atoms with van der Waals surface area (Å²) in [6.07, 6.45) is 1.72. The van der Waals surface area contributed by atoms with Crippen LogP contribution in [0.4, 0.5) is 0 Å². The van der Waals surface area contributed by atoms with Gasteiger partial charge in [-0.05, 0) is 64.4 Å². The van der Waals surface area contributed by atoms with Crippen LogP contribution in [0.5, 0.6) is 5.75 Å². The quantitative estimate of drug-likeness (QED) is 0.642. The van der Waals surface area contributed by atoms with Crippen molar-refractivity contribution in [2.24, 2.45) is 0 Å². The van der Waals surface area contributed by atoms with Gasteiger partial charge in [-0.25, -0.2) is 0 Å². The SMILES string of the molecule is CC(C)N(CCC(c1ccccc1)c1cc(C=O)ccc1O)C(C)C.COC. The Morgan fingerprint density at radius 3 is 2.07 bits per heavy atom. The molecular weight excluding hydrogens is 350 g/mol. The van der Waals surface area contributed by atoms with Gasteiger partial charge >= 0.3 is 0 Å². The second-order valence-electron chi connectivity index (χ2n) is 7.52. The molecule has 0 amide bonds. The highest BCUT2D eigenvalue weighted by Gasteiger charge is 2.21. The summed E-state index contributed by atoms with van der Waals surface area (Å²) in [5, 5.41) is 10.4. The number of phenols is 1. The van der Waals surface area contributed by atoms with Crippen LogP contribution in [0.2, 0.25) is 0 Å². The Labute approximate surface area is 170 Å². The summed E-state index contributed by atoms with van der Waals surface area (Å²) >= 11 is 0. The fourth-order valence-corrected chi connectivity index (χ4v) is 3.50. The molecule has 0 bridgehead atoms. The largest absolute Gasteiger partial charge is 0.508 e. The highest BCUT2D eigenvalue weighted by Crippen LogP contribution is 2.34. The molecule has 0 spiro atoms. The van der Waals surface area contributed by atoms with Crippen LogP contribution in [-0.2, 0) is 4.74 Å². The van der Waals surface area contributed by atoms with Gasteiger partial charge in [0.1, 0.15) is 12.0 Å². The van der Waals surface area contributed by atoms with E-state index < -0.39 is 0 Å². The van der Waals surface area contributed by atoms with Crippen LogP contribution >= 0.6 is 0 Å². The van der Waals surface area contributed by atoms with Gasteiger partial charge in [0.15, 0.2) is 0 Å². The molecule has 1 N–H and O–H groups in total. The number of phenolic OH excluding ortho intramolecular Hbond substituents is 1. The zero-order valence-corrected chi connectivity index (χ0v) is 18.1. The lowest BCUT2D eigenvalue weighted by atomic mass is 9.86. The second-order valence-corrected chi connectivity index (χ2v) is 7.52. The molecule has 2 aromatic rings. The maximum atomic E-state index is 11.2. The van der Waals surface area contributed by atoms with Crippen molar-refractivity contribution in [2.45, 2.75) is 52.1 Å². The van der Waals surface area contributed by atoms with Crippen LogP contribution in [0.25, 0.3) is 0 Å². The number of carbonyl (C=O) groups excluding carboxylic acids is 1. The predicted octanol–water partition coefficient (Wildman–Crippen LogP) is 5.11. The van der Waals surface area contributed by atoms with E-state index in [2.05, 4.69) is 49.5 Å². The number of hydrogen-bond donors (Lipinski definition) is 1. The third-order valence-corrected chi connectivity index (χ3v) is 4.77. The van der Waals surface area contributed by atoms with Crippen molar-refractivity contribution in [3.05, 3.63) is 65.2 Å². The molecule has 2 rings (SSSR count). The first-order valence-electron chi connectivity index (χ1n) is 9.84. The molecule has 0 radical (unpaired) electrons. The van der Waals surface area contributed by atoms with E-state index in [9.17, 15) is 9.90 Å². The first-order valence-corrected chi connectivity index (χ1v) is 9.84. The third-order valence-electron chi connectivity index (χ3n) is 4.77. The summed E-state index contributed by atoms with van der Waals surface area (Å²) in [7, 11) is 3.25. The summed E-state index contributed by atoms with van der Waals surface area (Å²) < 4.78 is 4.25. The van der Waals surface area contributed by atoms with Crippen molar-refractivity contribution in [2.75, 3.05) is 20.8 Å². The number of ether oxygens (including phenoxy) is 1. The van der Waals surface area contributed by atoms with E-state index >= 15 is 0 Å². The number of aldehydes is 1. The van der Waals surface area contributed by atoms with Gasteiger partial charge in [0.25, 0.3) is 0 Å². The van der Waals surface area contributed by atoms with Gasteiger partial charge in [0, 0.05) is 43.3 Å². The minimum Gasteiger partial charge on any atom is -0.508 e. The summed E-state index contributed by atoms with van der Waals surface area (Å²) in [6, 6.07) is 16.2. The first kappa shape index (κ1) is 23.9. The maximum Gasteiger partial charge on any atom is 0.150 e. The molecule has 0 aliphatic rings. The second kappa shape index (κ2) is 12.3. The molecule has 0 saturated heterocycles. The molecule has 28 heavy (non-hydrogen) atoms. The maximum absolute atomic E-state index is 11.2. The summed E-state index contributed by atoms with van der Waals surface area (Å²) in [5.41, 5.74) is 2.58. The van der Waals surface area contributed by atoms with Gasteiger partial charge in [-0.1, -0.05) is 30.3 Å². The molecule has 0 saturated carbocycles. The van der Waals surface area contributed by atoms with Crippen molar-refractivity contribution in [3.63, 3.8) is 0 Å². The summed E-state index contributed by atoms with van der Waals surface area (Å²) in [4.78, 5) is 13.6. The molecule has 0 heterocycles. The number of methoxy groups -OCH3 is 1. The van der Waals surface area contributed by atoms with Crippen molar-refractivity contribution in [3.8, 4) is 5.75 Å². The van der Waals surface area contributed by atoms with Gasteiger partial charge < -0.3 is 9.84 Å². The molecule has 0 aromatic heterocycles. The Bertz CT molecular complexity index is 690. The average molecular weight is 386 g/mol. The lowest BCUT2D eigenvalue weighted by Gasteiger charge is -2.32. The number of aromatic hydroxyl groups is 1. The van der Waals surface area contributed by atoms with Crippen LogP contribution < -0.4 is 0 Å². The molecule has 2 aromatic carbocycles. The standard InChI is InChI=1S/C22H29NO2.C2H6O/c1-16(2)23(17(3)4)13-12-20(19-8-6-5-7-9-19)21-14-18(15-24)10-11-22(21)25;1-3-2/h5-11,14-17,20,25H,12-13H2,1-4H3;1-2H3. The topological polar surface area (TPSA) is 49.8 Å². The van der Waals surface area contributed by atoms with Crippen LogP contribution in [0, 0.1) is 0 Å². The Balaban J connectivity index is 0.00000122. The lowest BCUT2D eigenvalue weighted by molar-refractivity contribution is 0.112. The molecule has 154 valence electrons. The smallest absolute Gasteiger partial charge is 0.150 e. The average Bonchev–Trinajstić information content (AvgIpc) is 2.67. The van der Waals surface area contributed by atoms with Crippen LogP contribution in [0.1, 0.15) is 61.5 Å². The fraction of sp³-hybridized carbons (Fsp3) is 0.458. The van der Waals surface area contributed by atoms with Gasteiger partial charge in [-0.2, -0.15) is 0 Å². The molecule has 4 heteroatoms. The van der Waals surface area contributed by atoms with Crippen LogP contribution in [-0.4, -0.2) is 49.1 Å². The number of benzene rings is 2. The van der Waals surface area contributed by atoms with Crippen LogP contribution in [0.3, 0.4) is 0 Å². The summed E-state index contributed by atoms with van der Waals surface area (Å²) in [6.45, 7) is 9.77. The number of hydrogen-bond acceptors (Lipinski definition) is 4. The first-order chi connectivity index (χ1) is 13.3. The Hall–Kier alpha value is -2.17. The Morgan fingerprint density at radius 1 is 1.00 bits per heavy atom. The molecule has 0 aliphatic heterocycles. The van der Waals surface area contributed by atoms with Crippen LogP contribution in [0.15, 0.2) is 48.5 Å². The highest BCUT2D eigenvalue weighted by molar-refractivity contribution is 5.75. The van der Waals surface area contributed by atoms with Gasteiger partial charge in [-0.3, -0.25) is 9.69 Å². The Kier molecular flexibility index (Phi) is 10.5. The fourth-order valence-electron chi connectivity index (χ4n) is 3.50. The third kappa shape index (κ3) is 7.10. The van der Waals surface area contributed by atoms with Crippen molar-refractivity contribution in [1.29, 1.82) is 0 Å². The minimum absolute atomic E-state index is 0.0566. The minimum atomic E-state index is 0.0566. The molecule has 1 atom stereocenters. The molecule has 4 nitrogen and oxygen atoms in total. The van der Waals surface area contributed by atoms with E-state index in [1.807, 2.05) is 24.3 Å². The lowest BCUT2D eigenvalue weighted by Crippen LogP contribution is -2.38. The van der Waals surface area contributed by atoms with Gasteiger partial charge in [-0.15, -0.1) is 0 Å². The number of rotatable bonds is 8. The number of carbonyl (C=O) groups is 1. The van der Waals surface area contributed by atoms with E-state index in [0.717, 1.165) is 30.4 Å². The van der Waals surface area contributed by atoms with Crippen molar-refractivity contribution in [1.82, 2.24) is 4.90 Å². The normalized spacial score (nSPS) is 12.0. The highest BCUT2D eigenvalue weighted by atomic mass is 16.4. The van der Waals surface area contributed by atoms with E-state index in [4.69, 9.17) is 0 Å². The molecule has 0 fully saturated rings. The molecule has 0 aliphatic carbocycles. The van der Waals surface area contributed by atoms with E-state index in [-0.39, 0.29) is 11.7 Å². The van der Waals surface area contributed by atoms with E-state index in [0.29, 0.717) is 17.6 Å². The number of nitrogens with zero attached hydrogens (tertiary/aromatic N) is 1. The van der Waals surface area contributed by atoms with Gasteiger partial charge in [0.05, 0.1) is 0 Å². The molecular formula is C24H35NO3. The zero-order valence-electron chi connectivity index (χ0n) is 18.1. The van der Waals surface area contributed by atoms with E-state index in [1.165, 1.54) is 0 Å².